The van der Waals surface area contributed by atoms with Crippen LogP contribution in [0.3, 0.4) is 0 Å². The van der Waals surface area contributed by atoms with Crippen LogP contribution < -0.4 is 5.32 Å². The Bertz CT molecular complexity index is 176. The minimum atomic E-state index is -0.556. The quantitative estimate of drug-likeness (QED) is 0.175. The predicted molar refractivity (Wildman–Crippen MR) is 110 cm³/mol. The molecular weight excluding hydrogens is 373 g/mol. The molecule has 0 bridgehead atoms. The Morgan fingerprint density at radius 1 is 0.500 bits per heavy atom. The van der Waals surface area contributed by atoms with Crippen LogP contribution in [0.15, 0.2) is 0 Å². The number of halogens is 2. The number of hydrogen-bond donors (Lipinski definition) is 1. The van der Waals surface area contributed by atoms with Crippen LogP contribution in [-0.2, 0) is 17.0 Å². The van der Waals surface area contributed by atoms with Crippen molar-refractivity contribution in [3.8, 4) is 0 Å². The summed E-state index contributed by atoms with van der Waals surface area (Å²) in [6.45, 7) is 7.06. The molecule has 0 aromatic heterocycles. The zero-order valence-corrected chi connectivity index (χ0v) is 19.6. The Labute approximate surface area is 170 Å². The van der Waals surface area contributed by atoms with Gasteiger partial charge in [-0.2, -0.15) is 0 Å². The first kappa shape index (κ1) is 27.5. The Morgan fingerprint density at radius 2 is 0.750 bits per heavy atom. The van der Waals surface area contributed by atoms with Crippen molar-refractivity contribution in [3.05, 3.63) is 0 Å². The van der Waals surface area contributed by atoms with Gasteiger partial charge >= 0.3 is 35.6 Å². The van der Waals surface area contributed by atoms with Gasteiger partial charge in [-0.15, -0.1) is 0 Å². The first-order valence-corrected chi connectivity index (χ1v) is 14.8. The van der Waals surface area contributed by atoms with Crippen LogP contribution in [0.1, 0.15) is 117 Å². The second-order valence-electron chi connectivity index (χ2n) is 6.77. The average Bonchev–Trinajstić information content (AvgIpc) is 2.58. The van der Waals surface area contributed by atoms with E-state index >= 15 is 0 Å². The van der Waals surface area contributed by atoms with Crippen LogP contribution in [0.25, 0.3) is 0 Å². The predicted octanol–water partition coefficient (Wildman–Crippen LogP) is 8.23. The maximum absolute atomic E-state index is 4.89. The van der Waals surface area contributed by atoms with Crippen molar-refractivity contribution in [3.63, 3.8) is 0 Å². The molecule has 0 aromatic rings. The number of nitrogens with one attached hydrogen (secondary N) is 1. The Balaban J connectivity index is 0. The minimum absolute atomic E-state index is 0.556. The summed E-state index contributed by atoms with van der Waals surface area (Å²) in [6, 6.07) is 0. The molecule has 0 aromatic carbocycles. The van der Waals surface area contributed by atoms with Crippen LogP contribution in [0.2, 0.25) is 0 Å². The molecule has 0 radical (unpaired) electrons. The molecule has 4 heteroatoms. The van der Waals surface area contributed by atoms with Gasteiger partial charge in [-0.3, -0.25) is 0 Å². The van der Waals surface area contributed by atoms with Gasteiger partial charge in [-0.25, -0.2) is 0 Å². The fourth-order valence-electron chi connectivity index (χ4n) is 2.89. The van der Waals surface area contributed by atoms with Gasteiger partial charge in [0.2, 0.25) is 0 Å². The first-order valence-electron chi connectivity index (χ1n) is 10.5. The van der Waals surface area contributed by atoms with Gasteiger partial charge in [0, 0.05) is 0 Å². The molecule has 0 aliphatic rings. The molecule has 0 aliphatic carbocycles. The van der Waals surface area contributed by atoms with Crippen LogP contribution in [0.4, 0.5) is 0 Å². The summed E-state index contributed by atoms with van der Waals surface area (Å²) in [5.41, 5.74) is 0. The zero-order chi connectivity index (χ0) is 18.1. The van der Waals surface area contributed by atoms with Crippen molar-refractivity contribution >= 4 is 18.6 Å². The molecule has 0 heterocycles. The standard InChI is InChI=1S/C20H43N.2ClH.Ti/c1-3-5-7-9-11-13-15-17-19-21-20-18-16-14-12-10-8-6-4-2;;;/h21H,3-20H2,1-2H3;2*1H;/q;;;+2/p-2. The van der Waals surface area contributed by atoms with Gasteiger partial charge in [0.15, 0.2) is 0 Å². The van der Waals surface area contributed by atoms with Gasteiger partial charge in [-0.05, 0) is 25.9 Å². The van der Waals surface area contributed by atoms with E-state index in [1.54, 1.807) is 0 Å². The van der Waals surface area contributed by atoms with Crippen molar-refractivity contribution in [1.29, 1.82) is 0 Å². The second-order valence-corrected chi connectivity index (χ2v) is 9.35. The van der Waals surface area contributed by atoms with Crippen LogP contribution in [0, 0.1) is 0 Å². The average molecular weight is 416 g/mol. The fraction of sp³-hybridized carbons (Fsp3) is 1.00. The number of unbranched alkanes of at least 4 members (excludes halogenated alkanes) is 14. The zero-order valence-electron chi connectivity index (χ0n) is 16.5. The molecule has 1 nitrogen and oxygen atoms in total. The van der Waals surface area contributed by atoms with E-state index in [9.17, 15) is 0 Å². The van der Waals surface area contributed by atoms with Gasteiger partial charge in [0.05, 0.1) is 0 Å². The van der Waals surface area contributed by atoms with Crippen molar-refractivity contribution in [2.45, 2.75) is 117 Å². The maximum atomic E-state index is 4.89. The normalized spacial score (nSPS) is 10.3. The van der Waals surface area contributed by atoms with Gasteiger partial charge in [0.25, 0.3) is 0 Å². The van der Waals surface area contributed by atoms with Gasteiger partial charge in [0.1, 0.15) is 0 Å². The molecule has 0 unspecified atom stereocenters. The van der Waals surface area contributed by atoms with Crippen molar-refractivity contribution in [2.24, 2.45) is 0 Å². The molecule has 0 saturated heterocycles. The summed E-state index contributed by atoms with van der Waals surface area (Å²) in [7, 11) is 9.78. The van der Waals surface area contributed by atoms with E-state index in [1.807, 2.05) is 0 Å². The molecule has 0 aliphatic heterocycles. The first-order chi connectivity index (χ1) is 11.8. The van der Waals surface area contributed by atoms with Crippen LogP contribution in [-0.4, -0.2) is 13.1 Å². The molecular formula is C20H43Cl2NTi. The second kappa shape index (κ2) is 29.0. The Kier molecular flexibility index (Phi) is 33.2. The van der Waals surface area contributed by atoms with Crippen molar-refractivity contribution < 1.29 is 17.0 Å². The summed E-state index contributed by atoms with van der Waals surface area (Å²) in [4.78, 5) is 0. The fourth-order valence-corrected chi connectivity index (χ4v) is 2.89. The number of hydrogen-bond acceptors (Lipinski definition) is 1. The van der Waals surface area contributed by atoms with Crippen molar-refractivity contribution in [2.75, 3.05) is 13.1 Å². The van der Waals surface area contributed by atoms with E-state index in [-0.39, 0.29) is 0 Å². The van der Waals surface area contributed by atoms with Crippen LogP contribution >= 0.6 is 18.6 Å². The third-order valence-electron chi connectivity index (χ3n) is 4.41. The third-order valence-corrected chi connectivity index (χ3v) is 4.41. The van der Waals surface area contributed by atoms with E-state index in [0.29, 0.717) is 0 Å². The summed E-state index contributed by atoms with van der Waals surface area (Å²) in [6.07, 6.45) is 22.8. The van der Waals surface area contributed by atoms with E-state index in [2.05, 4.69) is 19.2 Å². The van der Waals surface area contributed by atoms with Gasteiger partial charge < -0.3 is 5.32 Å². The molecule has 1 N–H and O–H groups in total. The van der Waals surface area contributed by atoms with Gasteiger partial charge in [-0.1, -0.05) is 104 Å². The van der Waals surface area contributed by atoms with E-state index in [4.69, 9.17) is 18.6 Å². The Morgan fingerprint density at radius 3 is 1.04 bits per heavy atom. The van der Waals surface area contributed by atoms with E-state index in [0.717, 1.165) is 0 Å². The van der Waals surface area contributed by atoms with Crippen LogP contribution in [0.5, 0.6) is 0 Å². The molecule has 0 fully saturated rings. The summed E-state index contributed by atoms with van der Waals surface area (Å²) >= 11 is -0.556. The molecule has 146 valence electrons. The van der Waals surface area contributed by atoms with E-state index in [1.165, 1.54) is 116 Å². The Hall–Kier alpha value is 1.25. The monoisotopic (exact) mass is 415 g/mol. The summed E-state index contributed by atoms with van der Waals surface area (Å²) in [5, 5.41) is 3.61. The molecule has 0 rings (SSSR count). The third kappa shape index (κ3) is 31.1. The SMILES string of the molecule is CCCCCCCCCCNCCCCCCCCCC.[Cl][Ti][Cl]. The van der Waals surface area contributed by atoms with Crippen molar-refractivity contribution in [1.82, 2.24) is 5.32 Å². The summed E-state index contributed by atoms with van der Waals surface area (Å²) in [5.74, 6) is 0. The summed E-state index contributed by atoms with van der Waals surface area (Å²) < 4.78 is 0. The molecule has 24 heavy (non-hydrogen) atoms. The van der Waals surface area contributed by atoms with E-state index < -0.39 is 17.0 Å². The molecule has 0 spiro atoms. The number of rotatable bonds is 18. The molecule has 0 amide bonds. The topological polar surface area (TPSA) is 12.0 Å². The molecule has 0 saturated carbocycles. The molecule has 0 atom stereocenters.